The van der Waals surface area contributed by atoms with Crippen LogP contribution in [0.15, 0.2) is 24.4 Å². The summed E-state index contributed by atoms with van der Waals surface area (Å²) in [4.78, 5) is 26.1. The summed E-state index contributed by atoms with van der Waals surface area (Å²) in [7, 11) is 3.69. The molecule has 1 amide bonds. The van der Waals surface area contributed by atoms with Crippen molar-refractivity contribution in [3.8, 4) is 5.75 Å². The molecule has 0 saturated carbocycles. The number of likely N-dealkylation sites (N-methyl/N-ethyl adjacent to an activating group) is 1. The molecule has 138 valence electrons. The number of hydrogen-bond acceptors (Lipinski definition) is 6. The van der Waals surface area contributed by atoms with E-state index < -0.39 is 0 Å². The molecule has 7 nitrogen and oxygen atoms in total. The lowest BCUT2D eigenvalue weighted by molar-refractivity contribution is 0.102. The molecule has 1 fully saturated rings. The number of aryl methyl sites for hydroxylation is 2. The number of piperazine rings is 1. The van der Waals surface area contributed by atoms with E-state index >= 15 is 0 Å². The highest BCUT2D eigenvalue weighted by Crippen LogP contribution is 2.26. The number of nitrogens with one attached hydrogen (secondary N) is 1. The zero-order valence-electron chi connectivity index (χ0n) is 15.7. The van der Waals surface area contributed by atoms with Gasteiger partial charge in [-0.05, 0) is 38.6 Å². The van der Waals surface area contributed by atoms with Gasteiger partial charge in [-0.2, -0.15) is 0 Å². The van der Waals surface area contributed by atoms with Gasteiger partial charge in [-0.3, -0.25) is 4.79 Å². The van der Waals surface area contributed by atoms with E-state index in [1.807, 2.05) is 32.0 Å². The van der Waals surface area contributed by atoms with Crippen LogP contribution in [0.4, 0.5) is 11.6 Å². The first-order valence-electron chi connectivity index (χ1n) is 8.71. The molecule has 1 aromatic carbocycles. The average molecular weight is 355 g/mol. The van der Waals surface area contributed by atoms with Crippen LogP contribution < -0.4 is 15.0 Å². The first kappa shape index (κ1) is 18.1. The van der Waals surface area contributed by atoms with E-state index in [0.29, 0.717) is 28.6 Å². The highest BCUT2D eigenvalue weighted by molar-refractivity contribution is 6.05. The lowest BCUT2D eigenvalue weighted by atomic mass is 10.2. The fraction of sp³-hybridized carbons (Fsp3) is 0.421. The maximum Gasteiger partial charge on any atom is 0.259 e. The van der Waals surface area contributed by atoms with Gasteiger partial charge < -0.3 is 19.9 Å². The van der Waals surface area contributed by atoms with E-state index in [1.165, 1.54) is 0 Å². The van der Waals surface area contributed by atoms with E-state index in [2.05, 4.69) is 32.1 Å². The molecule has 0 spiro atoms. The Bertz CT molecular complexity index is 801. The third-order valence-corrected chi connectivity index (χ3v) is 4.60. The Morgan fingerprint density at radius 3 is 2.58 bits per heavy atom. The van der Waals surface area contributed by atoms with E-state index in [1.54, 1.807) is 13.3 Å². The Morgan fingerprint density at radius 2 is 1.92 bits per heavy atom. The number of amides is 1. The van der Waals surface area contributed by atoms with Crippen molar-refractivity contribution in [2.24, 2.45) is 0 Å². The molecule has 0 unspecified atom stereocenters. The van der Waals surface area contributed by atoms with Crippen molar-refractivity contribution in [2.75, 3.05) is 50.6 Å². The van der Waals surface area contributed by atoms with Crippen LogP contribution in [0.3, 0.4) is 0 Å². The minimum atomic E-state index is -0.240. The quantitative estimate of drug-likeness (QED) is 0.906. The molecule has 0 bridgehead atoms. The van der Waals surface area contributed by atoms with Gasteiger partial charge in [0.15, 0.2) is 0 Å². The highest BCUT2D eigenvalue weighted by atomic mass is 16.5. The van der Waals surface area contributed by atoms with Crippen molar-refractivity contribution >= 4 is 17.5 Å². The van der Waals surface area contributed by atoms with Crippen LogP contribution in [-0.4, -0.2) is 61.1 Å². The summed E-state index contributed by atoms with van der Waals surface area (Å²) in [6.07, 6.45) is 1.60. The maximum atomic E-state index is 12.7. The zero-order valence-corrected chi connectivity index (χ0v) is 15.7. The Kier molecular flexibility index (Phi) is 5.37. The zero-order chi connectivity index (χ0) is 18.7. The molecule has 1 aliphatic rings. The average Bonchev–Trinajstić information content (AvgIpc) is 2.62. The minimum absolute atomic E-state index is 0.240. The van der Waals surface area contributed by atoms with E-state index in [-0.39, 0.29) is 5.91 Å². The number of anilines is 2. The summed E-state index contributed by atoms with van der Waals surface area (Å²) in [5.41, 5.74) is 2.81. The second-order valence-electron chi connectivity index (χ2n) is 6.62. The Labute approximate surface area is 154 Å². The molecule has 3 rings (SSSR count). The summed E-state index contributed by atoms with van der Waals surface area (Å²) < 4.78 is 5.32. The second kappa shape index (κ2) is 7.70. The molecule has 0 radical (unpaired) electrons. The molecular formula is C19H25N5O2. The monoisotopic (exact) mass is 355 g/mol. The van der Waals surface area contributed by atoms with Crippen LogP contribution in [0.1, 0.15) is 21.6 Å². The largest absolute Gasteiger partial charge is 0.495 e. The second-order valence-corrected chi connectivity index (χ2v) is 6.62. The smallest absolute Gasteiger partial charge is 0.259 e. The van der Waals surface area contributed by atoms with Gasteiger partial charge in [-0.1, -0.05) is 6.07 Å². The number of rotatable bonds is 4. The molecular weight excluding hydrogens is 330 g/mol. The Hall–Kier alpha value is -2.67. The molecule has 0 atom stereocenters. The predicted molar refractivity (Wildman–Crippen MR) is 102 cm³/mol. The lowest BCUT2D eigenvalue weighted by Crippen LogP contribution is -2.45. The van der Waals surface area contributed by atoms with Crippen molar-refractivity contribution in [2.45, 2.75) is 13.8 Å². The molecule has 0 aliphatic carbocycles. The van der Waals surface area contributed by atoms with Gasteiger partial charge in [0.2, 0.25) is 5.95 Å². The van der Waals surface area contributed by atoms with Crippen molar-refractivity contribution in [1.29, 1.82) is 0 Å². The van der Waals surface area contributed by atoms with Crippen molar-refractivity contribution < 1.29 is 9.53 Å². The van der Waals surface area contributed by atoms with Crippen LogP contribution in [0.2, 0.25) is 0 Å². The maximum absolute atomic E-state index is 12.7. The standard InChI is InChI=1S/C19H25N5O2/c1-13-5-6-17(26-4)16(11-13)22-18(25)15-12-20-19(21-14(15)2)24-9-7-23(3)8-10-24/h5-6,11-12H,7-10H2,1-4H3,(H,22,25). The molecule has 1 saturated heterocycles. The van der Waals surface area contributed by atoms with Crippen molar-refractivity contribution in [3.05, 3.63) is 41.2 Å². The summed E-state index contributed by atoms with van der Waals surface area (Å²) in [6, 6.07) is 5.66. The third-order valence-electron chi connectivity index (χ3n) is 4.60. The summed E-state index contributed by atoms with van der Waals surface area (Å²) in [5.74, 6) is 1.06. The Morgan fingerprint density at radius 1 is 1.19 bits per heavy atom. The van der Waals surface area contributed by atoms with Crippen LogP contribution in [-0.2, 0) is 0 Å². The number of carbonyl (C=O) groups excluding carboxylic acids is 1. The number of benzene rings is 1. The van der Waals surface area contributed by atoms with Gasteiger partial charge in [0, 0.05) is 32.4 Å². The van der Waals surface area contributed by atoms with Crippen LogP contribution in [0, 0.1) is 13.8 Å². The van der Waals surface area contributed by atoms with E-state index in [4.69, 9.17) is 4.74 Å². The first-order chi connectivity index (χ1) is 12.5. The van der Waals surface area contributed by atoms with Gasteiger partial charge in [-0.25, -0.2) is 9.97 Å². The van der Waals surface area contributed by atoms with Crippen molar-refractivity contribution in [1.82, 2.24) is 14.9 Å². The molecule has 2 heterocycles. The Balaban J connectivity index is 1.77. The van der Waals surface area contributed by atoms with E-state index in [9.17, 15) is 4.79 Å². The SMILES string of the molecule is COc1ccc(C)cc1NC(=O)c1cnc(N2CCN(C)CC2)nc1C. The lowest BCUT2D eigenvalue weighted by Gasteiger charge is -2.32. The van der Waals surface area contributed by atoms with Gasteiger partial charge >= 0.3 is 0 Å². The number of ether oxygens (including phenoxy) is 1. The third kappa shape index (κ3) is 3.94. The summed E-state index contributed by atoms with van der Waals surface area (Å²) in [5, 5.41) is 2.90. The normalized spacial score (nSPS) is 15.0. The molecule has 1 N–H and O–H groups in total. The number of aromatic nitrogens is 2. The molecule has 1 aromatic heterocycles. The fourth-order valence-corrected chi connectivity index (χ4v) is 2.95. The van der Waals surface area contributed by atoms with Crippen molar-refractivity contribution in [3.63, 3.8) is 0 Å². The fourth-order valence-electron chi connectivity index (χ4n) is 2.95. The minimum Gasteiger partial charge on any atom is -0.495 e. The summed E-state index contributed by atoms with van der Waals surface area (Å²) in [6.45, 7) is 7.55. The molecule has 7 heteroatoms. The molecule has 1 aliphatic heterocycles. The summed E-state index contributed by atoms with van der Waals surface area (Å²) >= 11 is 0. The highest BCUT2D eigenvalue weighted by Gasteiger charge is 2.19. The van der Waals surface area contributed by atoms with Crippen LogP contribution in [0.5, 0.6) is 5.75 Å². The van der Waals surface area contributed by atoms with Gasteiger partial charge in [0.05, 0.1) is 24.1 Å². The number of nitrogens with zero attached hydrogens (tertiary/aromatic N) is 4. The first-order valence-corrected chi connectivity index (χ1v) is 8.71. The number of hydrogen-bond donors (Lipinski definition) is 1. The molecule has 26 heavy (non-hydrogen) atoms. The number of carbonyl (C=O) groups is 1. The van der Waals surface area contributed by atoms with Gasteiger partial charge in [-0.15, -0.1) is 0 Å². The van der Waals surface area contributed by atoms with Gasteiger partial charge in [0.1, 0.15) is 5.75 Å². The topological polar surface area (TPSA) is 70.6 Å². The predicted octanol–water partition coefficient (Wildman–Crippen LogP) is 2.11. The van der Waals surface area contributed by atoms with E-state index in [0.717, 1.165) is 31.7 Å². The van der Waals surface area contributed by atoms with Crippen LogP contribution in [0.25, 0.3) is 0 Å². The van der Waals surface area contributed by atoms with Crippen LogP contribution >= 0.6 is 0 Å². The molecule has 2 aromatic rings. The van der Waals surface area contributed by atoms with Gasteiger partial charge in [0.25, 0.3) is 5.91 Å². The number of methoxy groups -OCH3 is 1.